The normalized spacial score (nSPS) is 14.3. The first-order chi connectivity index (χ1) is 10.2. The molecule has 0 radical (unpaired) electrons. The zero-order valence-electron chi connectivity index (χ0n) is 11.3. The van der Waals surface area contributed by atoms with Gasteiger partial charge in [-0.2, -0.15) is 0 Å². The van der Waals surface area contributed by atoms with E-state index in [2.05, 4.69) is 20.8 Å². The van der Waals surface area contributed by atoms with E-state index in [4.69, 9.17) is 11.6 Å². The number of carbonyl (C=O) groups excluding carboxylic acids is 1. The number of nitrogens with one attached hydrogen (secondary N) is 2. The lowest BCUT2D eigenvalue weighted by Crippen LogP contribution is -2.28. The zero-order chi connectivity index (χ0) is 14.7. The van der Waals surface area contributed by atoms with Crippen molar-refractivity contribution in [2.45, 2.75) is 19.3 Å². The summed E-state index contributed by atoms with van der Waals surface area (Å²) in [5.41, 5.74) is 0.875. The number of hydrogen-bond acceptors (Lipinski definition) is 4. The van der Waals surface area contributed by atoms with Gasteiger partial charge in [-0.15, -0.1) is 10.2 Å². The Bertz CT molecular complexity index is 623. The van der Waals surface area contributed by atoms with Crippen molar-refractivity contribution in [3.8, 4) is 0 Å². The molecule has 1 aromatic heterocycles. The van der Waals surface area contributed by atoms with Gasteiger partial charge in [0.2, 0.25) is 5.91 Å². The molecule has 1 fully saturated rings. The van der Waals surface area contributed by atoms with Crippen LogP contribution in [0.15, 0.2) is 36.4 Å². The number of carbonyl (C=O) groups is 1. The van der Waals surface area contributed by atoms with Gasteiger partial charge in [-0.25, -0.2) is 0 Å². The van der Waals surface area contributed by atoms with Gasteiger partial charge in [0.1, 0.15) is 0 Å². The molecule has 2 aromatic rings. The number of rotatable bonds is 4. The van der Waals surface area contributed by atoms with Crippen molar-refractivity contribution >= 4 is 34.8 Å². The molecule has 1 aliphatic rings. The summed E-state index contributed by atoms with van der Waals surface area (Å²) < 4.78 is 0. The molecule has 1 heterocycles. The predicted octanol–water partition coefficient (Wildman–Crippen LogP) is 3.61. The van der Waals surface area contributed by atoms with E-state index < -0.39 is 0 Å². The Labute approximate surface area is 127 Å². The van der Waals surface area contributed by atoms with Crippen molar-refractivity contribution < 1.29 is 4.79 Å². The van der Waals surface area contributed by atoms with Crippen molar-refractivity contribution in [2.75, 3.05) is 10.6 Å². The number of hydrogen-bond donors (Lipinski definition) is 2. The molecule has 0 saturated heterocycles. The van der Waals surface area contributed by atoms with E-state index in [1.807, 2.05) is 12.1 Å². The zero-order valence-corrected chi connectivity index (χ0v) is 12.1. The SMILES string of the molecule is O=C(Nc1ccc(Nc2ccc(Cl)cc2)nn1)C1CCC1. The van der Waals surface area contributed by atoms with Crippen molar-refractivity contribution in [3.63, 3.8) is 0 Å². The highest BCUT2D eigenvalue weighted by molar-refractivity contribution is 6.30. The van der Waals surface area contributed by atoms with Crippen LogP contribution in [0.25, 0.3) is 0 Å². The van der Waals surface area contributed by atoms with Gasteiger partial charge < -0.3 is 10.6 Å². The van der Waals surface area contributed by atoms with Crippen molar-refractivity contribution in [1.29, 1.82) is 0 Å². The molecule has 1 saturated carbocycles. The third-order valence-electron chi connectivity index (χ3n) is 3.51. The Kier molecular flexibility index (Phi) is 4.01. The topological polar surface area (TPSA) is 66.9 Å². The highest BCUT2D eigenvalue weighted by Gasteiger charge is 2.25. The molecule has 0 bridgehead atoms. The van der Waals surface area contributed by atoms with E-state index in [1.165, 1.54) is 0 Å². The molecule has 108 valence electrons. The van der Waals surface area contributed by atoms with Crippen LogP contribution in [-0.2, 0) is 4.79 Å². The maximum Gasteiger partial charge on any atom is 0.228 e. The summed E-state index contributed by atoms with van der Waals surface area (Å²) in [6.07, 6.45) is 3.07. The minimum Gasteiger partial charge on any atom is -0.339 e. The maximum absolute atomic E-state index is 11.8. The van der Waals surface area contributed by atoms with Crippen LogP contribution in [0.4, 0.5) is 17.3 Å². The van der Waals surface area contributed by atoms with Crippen LogP contribution < -0.4 is 10.6 Å². The van der Waals surface area contributed by atoms with Gasteiger partial charge in [-0.3, -0.25) is 4.79 Å². The average molecular weight is 303 g/mol. The second-order valence-corrected chi connectivity index (χ2v) is 5.49. The number of nitrogens with zero attached hydrogens (tertiary/aromatic N) is 2. The Hall–Kier alpha value is -2.14. The van der Waals surface area contributed by atoms with Crippen LogP contribution in [0.3, 0.4) is 0 Å². The van der Waals surface area contributed by atoms with E-state index in [9.17, 15) is 4.79 Å². The molecular formula is C15H15ClN4O. The number of benzene rings is 1. The van der Waals surface area contributed by atoms with Crippen LogP contribution >= 0.6 is 11.6 Å². The minimum atomic E-state index is 0.0361. The lowest BCUT2D eigenvalue weighted by Gasteiger charge is -2.23. The molecule has 0 spiro atoms. The third kappa shape index (κ3) is 3.49. The minimum absolute atomic E-state index is 0.0361. The van der Waals surface area contributed by atoms with Crippen molar-refractivity contribution in [2.24, 2.45) is 5.92 Å². The Balaban J connectivity index is 1.60. The standard InChI is InChI=1S/C15H15ClN4O/c16-11-4-6-12(7-5-11)17-13-8-9-14(20-19-13)18-15(21)10-2-1-3-10/h4-10H,1-3H2,(H,17,19)(H,18,20,21). The second kappa shape index (κ2) is 6.10. The number of halogens is 1. The molecule has 2 N–H and O–H groups in total. The molecule has 0 unspecified atom stereocenters. The summed E-state index contributed by atoms with van der Waals surface area (Å²) in [5.74, 6) is 1.26. The lowest BCUT2D eigenvalue weighted by molar-refractivity contribution is -0.122. The number of amides is 1. The third-order valence-corrected chi connectivity index (χ3v) is 3.76. The van der Waals surface area contributed by atoms with Gasteiger partial charge in [0, 0.05) is 16.6 Å². The lowest BCUT2D eigenvalue weighted by atomic mass is 9.85. The smallest absolute Gasteiger partial charge is 0.228 e. The number of aromatic nitrogens is 2. The van der Waals surface area contributed by atoms with Crippen LogP contribution in [0, 0.1) is 5.92 Å². The monoisotopic (exact) mass is 302 g/mol. The quantitative estimate of drug-likeness (QED) is 0.905. The summed E-state index contributed by atoms with van der Waals surface area (Å²) in [7, 11) is 0. The van der Waals surface area contributed by atoms with Crippen molar-refractivity contribution in [3.05, 3.63) is 41.4 Å². The first-order valence-electron chi connectivity index (χ1n) is 6.88. The van der Waals surface area contributed by atoms with Gasteiger partial charge >= 0.3 is 0 Å². The molecular weight excluding hydrogens is 288 g/mol. The Morgan fingerprint density at radius 2 is 1.71 bits per heavy atom. The largest absolute Gasteiger partial charge is 0.339 e. The first-order valence-corrected chi connectivity index (χ1v) is 7.26. The van der Waals surface area contributed by atoms with E-state index in [-0.39, 0.29) is 11.8 Å². The summed E-state index contributed by atoms with van der Waals surface area (Å²) in [6.45, 7) is 0. The first kappa shape index (κ1) is 13.8. The highest BCUT2D eigenvalue weighted by atomic mass is 35.5. The van der Waals surface area contributed by atoms with Crippen LogP contribution in [-0.4, -0.2) is 16.1 Å². The van der Waals surface area contributed by atoms with Gasteiger partial charge in [-0.05, 0) is 49.2 Å². The molecule has 1 aromatic carbocycles. The Morgan fingerprint density at radius 1 is 1.05 bits per heavy atom. The fraction of sp³-hybridized carbons (Fsp3) is 0.267. The average Bonchev–Trinajstić information content (AvgIpc) is 2.41. The van der Waals surface area contributed by atoms with Gasteiger partial charge in [0.05, 0.1) is 0 Å². The van der Waals surface area contributed by atoms with Gasteiger partial charge in [-0.1, -0.05) is 18.0 Å². The Morgan fingerprint density at radius 3 is 2.29 bits per heavy atom. The molecule has 0 atom stereocenters. The summed E-state index contributed by atoms with van der Waals surface area (Å²) in [6, 6.07) is 10.8. The van der Waals surface area contributed by atoms with E-state index >= 15 is 0 Å². The van der Waals surface area contributed by atoms with E-state index in [1.54, 1.807) is 24.3 Å². The summed E-state index contributed by atoms with van der Waals surface area (Å²) in [5, 5.41) is 14.6. The van der Waals surface area contributed by atoms with Crippen LogP contribution in [0.5, 0.6) is 0 Å². The maximum atomic E-state index is 11.8. The van der Waals surface area contributed by atoms with Crippen LogP contribution in [0.1, 0.15) is 19.3 Å². The molecule has 5 nitrogen and oxygen atoms in total. The predicted molar refractivity (Wildman–Crippen MR) is 82.7 cm³/mol. The highest BCUT2D eigenvalue weighted by Crippen LogP contribution is 2.27. The van der Waals surface area contributed by atoms with Gasteiger partial charge in [0.15, 0.2) is 11.6 Å². The van der Waals surface area contributed by atoms with Gasteiger partial charge in [0.25, 0.3) is 0 Å². The molecule has 1 aliphatic carbocycles. The fourth-order valence-electron chi connectivity index (χ4n) is 2.05. The van der Waals surface area contributed by atoms with Crippen molar-refractivity contribution in [1.82, 2.24) is 10.2 Å². The molecule has 3 rings (SSSR count). The summed E-state index contributed by atoms with van der Waals surface area (Å²) in [4.78, 5) is 11.8. The summed E-state index contributed by atoms with van der Waals surface area (Å²) >= 11 is 5.83. The molecule has 0 aliphatic heterocycles. The van der Waals surface area contributed by atoms with Crippen LogP contribution in [0.2, 0.25) is 5.02 Å². The molecule has 1 amide bonds. The fourth-order valence-corrected chi connectivity index (χ4v) is 2.17. The number of anilines is 3. The van der Waals surface area contributed by atoms with E-state index in [0.717, 1.165) is 24.9 Å². The van der Waals surface area contributed by atoms with E-state index in [0.29, 0.717) is 16.7 Å². The molecule has 6 heteroatoms. The second-order valence-electron chi connectivity index (χ2n) is 5.05. The molecule has 21 heavy (non-hydrogen) atoms.